The van der Waals surface area contributed by atoms with Crippen LogP contribution >= 0.6 is 0 Å². The number of likely N-dealkylation sites (tertiary alicyclic amines) is 1. The number of β-amino-alcohol motifs (C(OH)–C–C–N with tert-alkyl or cyclic N) is 2. The van der Waals surface area contributed by atoms with E-state index < -0.39 is 34.7 Å². The fraction of sp³-hybridized carbons (Fsp3) is 0.390. The van der Waals surface area contributed by atoms with Crippen molar-refractivity contribution in [3.8, 4) is 58.0 Å². The minimum Gasteiger partial charge on any atom is -0.491 e. The molecule has 2 unspecified atom stereocenters. The number of aliphatic hydroxyl groups is 2. The summed E-state index contributed by atoms with van der Waals surface area (Å²) in [5.41, 5.74) is 11.1. The van der Waals surface area contributed by atoms with Gasteiger partial charge in [0.15, 0.2) is 0 Å². The molecule has 16 heteroatoms. The summed E-state index contributed by atoms with van der Waals surface area (Å²) in [5.74, 6) is 13.3. The maximum Gasteiger partial charge on any atom is 0.410 e. The topological polar surface area (TPSA) is 222 Å². The summed E-state index contributed by atoms with van der Waals surface area (Å²) in [7, 11) is 0. The number of carbonyl (C=O) groups excluding carboxylic acids is 3. The van der Waals surface area contributed by atoms with Crippen molar-refractivity contribution >= 4 is 17.9 Å². The first-order chi connectivity index (χ1) is 27.1. The number of rotatable bonds is 2. The molecule has 0 aliphatic carbocycles. The lowest BCUT2D eigenvalue weighted by Gasteiger charge is -2.24. The van der Waals surface area contributed by atoms with E-state index >= 15 is 0 Å². The normalized spacial score (nSPS) is 20.4. The Balaban J connectivity index is 0.000000179. The molecule has 7 N–H and O–H groups in total. The lowest BCUT2D eigenvalue weighted by molar-refractivity contribution is 0.0238. The van der Waals surface area contributed by atoms with E-state index in [2.05, 4.69) is 39.0 Å². The zero-order valence-corrected chi connectivity index (χ0v) is 31.9. The summed E-state index contributed by atoms with van der Waals surface area (Å²) < 4.78 is 20.6. The molecule has 0 spiro atoms. The second-order valence-corrected chi connectivity index (χ2v) is 15.3. The second kappa shape index (κ2) is 15.3. The van der Waals surface area contributed by atoms with Gasteiger partial charge in [-0.2, -0.15) is 0 Å². The van der Waals surface area contributed by atoms with Crippen molar-refractivity contribution in [1.82, 2.24) is 29.3 Å². The predicted molar refractivity (Wildman–Crippen MR) is 207 cm³/mol. The van der Waals surface area contributed by atoms with Crippen molar-refractivity contribution in [3.05, 3.63) is 71.3 Å². The predicted octanol–water partition coefficient (Wildman–Crippen LogP) is 1.88. The fourth-order valence-corrected chi connectivity index (χ4v) is 6.71. The van der Waals surface area contributed by atoms with Crippen LogP contribution < -0.4 is 26.3 Å². The molecule has 6 heterocycles. The summed E-state index contributed by atoms with van der Waals surface area (Å²) in [6.07, 6.45) is 3.73. The van der Waals surface area contributed by atoms with Crippen LogP contribution in [0.5, 0.6) is 11.5 Å². The second-order valence-electron chi connectivity index (χ2n) is 15.3. The standard InChI is InChI=1S/C23H26N4O5.C18H18N4O3/c1-22(2,3)32-21(29)27-9-8-23(30,14-27)7-6-15-4-5-18-16(12-15)20-25-17(19(24)28)13-26(20)10-11-31-18;19-16(23)14-10-22-7-8-25-15-2-1-12(9-13(15)17(22)21-14)3-4-18(24)5-6-20-11-18/h4-5,12-13,30H,8-11,14H2,1-3H3,(H2,24,28);1-2,9-10,20,24H,5-8,11H2,(H2,19,23). The van der Waals surface area contributed by atoms with Crippen molar-refractivity contribution in [3.63, 3.8) is 0 Å². The highest BCUT2D eigenvalue weighted by Gasteiger charge is 2.38. The quantitative estimate of drug-likeness (QED) is 0.185. The minimum atomic E-state index is -1.32. The number of nitrogens with zero attached hydrogens (tertiary/aromatic N) is 5. The first-order valence-corrected chi connectivity index (χ1v) is 18.6. The lowest BCUT2D eigenvalue weighted by Crippen LogP contribution is -2.38. The molecule has 4 aliphatic rings. The van der Waals surface area contributed by atoms with Crippen LogP contribution in [0.1, 0.15) is 65.7 Å². The van der Waals surface area contributed by atoms with Crippen LogP contribution in [0.25, 0.3) is 22.8 Å². The number of amides is 3. The molecule has 2 fully saturated rings. The van der Waals surface area contributed by atoms with E-state index in [-0.39, 0.29) is 17.9 Å². The van der Waals surface area contributed by atoms with Crippen LogP contribution in [0.2, 0.25) is 0 Å². The average molecular weight is 777 g/mol. The van der Waals surface area contributed by atoms with Crippen molar-refractivity contribution in [1.29, 1.82) is 0 Å². The average Bonchev–Trinajstić information content (AvgIpc) is 3.94. The fourth-order valence-electron chi connectivity index (χ4n) is 6.71. The number of nitrogens with one attached hydrogen (secondary N) is 1. The number of imidazole rings is 2. The molecule has 0 radical (unpaired) electrons. The highest BCUT2D eigenvalue weighted by molar-refractivity contribution is 5.92. The third-order valence-electron chi connectivity index (χ3n) is 9.59. The number of nitrogens with two attached hydrogens (primary N) is 2. The highest BCUT2D eigenvalue weighted by atomic mass is 16.6. The van der Waals surface area contributed by atoms with Gasteiger partial charge >= 0.3 is 6.09 Å². The molecule has 2 atom stereocenters. The maximum atomic E-state index is 12.3. The summed E-state index contributed by atoms with van der Waals surface area (Å²) in [6, 6.07) is 10.9. The molecule has 8 rings (SSSR count). The summed E-state index contributed by atoms with van der Waals surface area (Å²) in [6.45, 7) is 9.09. The molecule has 296 valence electrons. The molecular formula is C41H44N8O8. The Bertz CT molecular complexity index is 2370. The summed E-state index contributed by atoms with van der Waals surface area (Å²) >= 11 is 0. The van der Waals surface area contributed by atoms with Gasteiger partial charge in [-0.25, -0.2) is 14.8 Å². The van der Waals surface area contributed by atoms with Gasteiger partial charge in [-0.3, -0.25) is 9.59 Å². The van der Waals surface area contributed by atoms with E-state index in [1.807, 2.05) is 27.3 Å². The van der Waals surface area contributed by atoms with Crippen molar-refractivity contribution in [2.45, 2.75) is 63.5 Å². The smallest absolute Gasteiger partial charge is 0.410 e. The molecule has 0 bridgehead atoms. The zero-order chi connectivity index (χ0) is 40.5. The van der Waals surface area contributed by atoms with Crippen molar-refractivity contribution < 1.29 is 38.8 Å². The van der Waals surface area contributed by atoms with E-state index in [1.54, 1.807) is 51.4 Å². The number of benzene rings is 2. The van der Waals surface area contributed by atoms with E-state index in [4.69, 9.17) is 25.7 Å². The lowest BCUT2D eigenvalue weighted by atomic mass is 10.0. The van der Waals surface area contributed by atoms with Crippen LogP contribution in [0.3, 0.4) is 0 Å². The minimum absolute atomic E-state index is 0.0787. The monoisotopic (exact) mass is 776 g/mol. The van der Waals surface area contributed by atoms with Crippen LogP contribution in [0.4, 0.5) is 4.79 Å². The number of hydrogen-bond donors (Lipinski definition) is 5. The van der Waals surface area contributed by atoms with Gasteiger partial charge in [0.25, 0.3) is 11.8 Å². The Kier molecular flexibility index (Phi) is 10.5. The summed E-state index contributed by atoms with van der Waals surface area (Å²) in [4.78, 5) is 45.4. The Morgan fingerprint density at radius 1 is 0.807 bits per heavy atom. The molecule has 57 heavy (non-hydrogen) atoms. The van der Waals surface area contributed by atoms with Crippen molar-refractivity contribution in [2.24, 2.45) is 11.5 Å². The van der Waals surface area contributed by atoms with Crippen LogP contribution in [-0.2, 0) is 17.8 Å². The zero-order valence-electron chi connectivity index (χ0n) is 31.9. The first kappa shape index (κ1) is 38.9. The van der Waals surface area contributed by atoms with E-state index in [1.165, 1.54) is 4.90 Å². The van der Waals surface area contributed by atoms with E-state index in [9.17, 15) is 24.6 Å². The summed E-state index contributed by atoms with van der Waals surface area (Å²) in [5, 5.41) is 24.3. The van der Waals surface area contributed by atoms with Gasteiger partial charge in [0.1, 0.15) is 64.6 Å². The van der Waals surface area contributed by atoms with Gasteiger partial charge in [-0.05, 0) is 63.7 Å². The van der Waals surface area contributed by atoms with Gasteiger partial charge in [0.05, 0.1) is 30.8 Å². The third kappa shape index (κ3) is 8.89. The Morgan fingerprint density at radius 2 is 1.33 bits per heavy atom. The van der Waals surface area contributed by atoms with Gasteiger partial charge in [0.2, 0.25) is 0 Å². The molecule has 2 aromatic carbocycles. The number of fused-ring (bicyclic) bond motifs is 6. The van der Waals surface area contributed by atoms with Crippen LogP contribution in [0.15, 0.2) is 48.8 Å². The number of ether oxygens (including phenoxy) is 3. The molecule has 4 aromatic rings. The first-order valence-electron chi connectivity index (χ1n) is 18.6. The van der Waals surface area contributed by atoms with Gasteiger partial charge in [-0.1, -0.05) is 23.7 Å². The Morgan fingerprint density at radius 3 is 1.81 bits per heavy atom. The number of hydrogen-bond acceptors (Lipinski definition) is 11. The Labute approximate surface area is 329 Å². The number of carbonyl (C=O) groups is 3. The number of aromatic nitrogens is 4. The van der Waals surface area contributed by atoms with Gasteiger partial charge < -0.3 is 55.2 Å². The van der Waals surface area contributed by atoms with Crippen LogP contribution in [0, 0.1) is 23.7 Å². The molecule has 16 nitrogen and oxygen atoms in total. The van der Waals surface area contributed by atoms with Crippen LogP contribution in [-0.4, -0.2) is 108 Å². The van der Waals surface area contributed by atoms with E-state index in [0.29, 0.717) is 86.5 Å². The number of primary amides is 2. The highest BCUT2D eigenvalue weighted by Crippen LogP contribution is 2.34. The SMILES string of the molecule is CC(C)(C)OC(=O)N1CCC(O)(C#Cc2ccc3c(c2)-c2nc(C(N)=O)cn2CCO3)C1.NC(=O)c1cn2c(n1)-c1cc(C#CC3(O)CCNC3)ccc1OCC2. The molecular weight excluding hydrogens is 732 g/mol. The maximum absolute atomic E-state index is 12.3. The molecule has 2 saturated heterocycles. The largest absolute Gasteiger partial charge is 0.491 e. The molecule has 2 aromatic heterocycles. The van der Waals surface area contributed by atoms with Crippen molar-refractivity contribution in [2.75, 3.05) is 39.4 Å². The van der Waals surface area contributed by atoms with Gasteiger partial charge in [0, 0.05) is 49.5 Å². The molecule has 4 aliphatic heterocycles. The Hall–Kier alpha value is -6.33. The van der Waals surface area contributed by atoms with Gasteiger partial charge in [-0.15, -0.1) is 0 Å². The third-order valence-corrected chi connectivity index (χ3v) is 9.59. The van der Waals surface area contributed by atoms with E-state index in [0.717, 1.165) is 17.7 Å². The molecule has 0 saturated carbocycles. The molecule has 3 amide bonds.